The van der Waals surface area contributed by atoms with Crippen LogP contribution in [0.15, 0.2) is 12.1 Å². The molecule has 0 bridgehead atoms. The van der Waals surface area contributed by atoms with Gasteiger partial charge in [0.15, 0.2) is 0 Å². The van der Waals surface area contributed by atoms with Gasteiger partial charge in [0.1, 0.15) is 6.16 Å². The number of aromatic amines is 1. The smallest absolute Gasteiger partial charge is 0.324 e. The van der Waals surface area contributed by atoms with E-state index < -0.39 is 13.5 Å². The van der Waals surface area contributed by atoms with E-state index in [0.717, 1.165) is 22.2 Å². The van der Waals surface area contributed by atoms with Gasteiger partial charge in [-0.05, 0) is 51.0 Å². The van der Waals surface area contributed by atoms with Crippen molar-refractivity contribution in [2.45, 2.75) is 27.7 Å². The lowest BCUT2D eigenvalue weighted by atomic mass is 10.1. The average molecular weight is 339 g/mol. The highest BCUT2D eigenvalue weighted by atomic mass is 31.2. The molecule has 0 aliphatic heterocycles. The molecule has 0 fully saturated rings. The van der Waals surface area contributed by atoms with Crippen molar-refractivity contribution in [3.8, 4) is 0 Å². The highest BCUT2D eigenvalue weighted by Gasteiger charge is 2.28. The predicted octanol–water partition coefficient (Wildman–Crippen LogP) is 3.38. The number of imidazole rings is 1. The third-order valence-electron chi connectivity index (χ3n) is 3.34. The number of fused-ring (bicyclic) bond motifs is 1. The minimum absolute atomic E-state index is 0.216. The van der Waals surface area contributed by atoms with Crippen molar-refractivity contribution in [2.24, 2.45) is 0 Å². The lowest BCUT2D eigenvalue weighted by molar-refractivity contribution is -0.114. The lowest BCUT2D eigenvalue weighted by Gasteiger charge is -2.15. The van der Waals surface area contributed by atoms with E-state index in [0.29, 0.717) is 5.95 Å². The number of amides is 1. The largest absolute Gasteiger partial charge is 0.340 e. The molecule has 1 amide bonds. The van der Waals surface area contributed by atoms with E-state index in [-0.39, 0.29) is 19.4 Å². The Labute approximate surface area is 135 Å². The lowest BCUT2D eigenvalue weighted by Crippen LogP contribution is -2.19. The third-order valence-corrected chi connectivity index (χ3v) is 5.32. The molecule has 0 aliphatic rings. The van der Waals surface area contributed by atoms with E-state index in [9.17, 15) is 9.36 Å². The van der Waals surface area contributed by atoms with Crippen LogP contribution in [0.1, 0.15) is 25.0 Å². The molecule has 0 saturated heterocycles. The average Bonchev–Trinajstić information content (AvgIpc) is 2.80. The number of rotatable bonds is 7. The van der Waals surface area contributed by atoms with E-state index in [1.165, 1.54) is 0 Å². The van der Waals surface area contributed by atoms with Crippen LogP contribution < -0.4 is 5.32 Å². The number of H-pyrrole nitrogens is 1. The van der Waals surface area contributed by atoms with Gasteiger partial charge in [0.25, 0.3) is 0 Å². The van der Waals surface area contributed by atoms with Crippen LogP contribution in [0.5, 0.6) is 0 Å². The number of hydrogen-bond acceptors (Lipinski definition) is 5. The quantitative estimate of drug-likeness (QED) is 0.754. The first kappa shape index (κ1) is 17.7. The molecule has 0 spiro atoms. The highest BCUT2D eigenvalue weighted by molar-refractivity contribution is 7.54. The van der Waals surface area contributed by atoms with Gasteiger partial charge >= 0.3 is 7.60 Å². The van der Waals surface area contributed by atoms with Crippen LogP contribution in [0.2, 0.25) is 0 Å². The molecule has 0 saturated carbocycles. The van der Waals surface area contributed by atoms with E-state index in [4.69, 9.17) is 9.05 Å². The second-order valence-corrected chi connectivity index (χ2v) is 7.25. The number of aryl methyl sites for hydroxylation is 2. The second-order valence-electron chi connectivity index (χ2n) is 5.19. The first-order valence-electron chi connectivity index (χ1n) is 7.52. The molecule has 0 unspecified atom stereocenters. The molecule has 0 aliphatic carbocycles. The molecule has 0 radical (unpaired) electrons. The van der Waals surface area contributed by atoms with Gasteiger partial charge < -0.3 is 14.0 Å². The Hall–Kier alpha value is -1.69. The van der Waals surface area contributed by atoms with Crippen LogP contribution in [0, 0.1) is 13.8 Å². The molecule has 7 nitrogen and oxygen atoms in total. The number of anilines is 1. The minimum Gasteiger partial charge on any atom is -0.324 e. The monoisotopic (exact) mass is 339 g/mol. The summed E-state index contributed by atoms with van der Waals surface area (Å²) in [5, 5.41) is 2.60. The maximum Gasteiger partial charge on any atom is 0.340 e. The van der Waals surface area contributed by atoms with Crippen molar-refractivity contribution in [3.63, 3.8) is 0 Å². The summed E-state index contributed by atoms with van der Waals surface area (Å²) in [5.74, 6) is -0.155. The molecule has 8 heteroatoms. The normalized spacial score (nSPS) is 11.8. The number of benzene rings is 1. The minimum atomic E-state index is -3.42. The third kappa shape index (κ3) is 4.41. The van der Waals surface area contributed by atoms with Crippen LogP contribution in [-0.2, 0) is 18.4 Å². The van der Waals surface area contributed by atoms with Crippen molar-refractivity contribution in [2.75, 3.05) is 24.7 Å². The van der Waals surface area contributed by atoms with Crippen molar-refractivity contribution >= 4 is 30.5 Å². The second kappa shape index (κ2) is 7.25. The van der Waals surface area contributed by atoms with E-state index >= 15 is 0 Å². The van der Waals surface area contributed by atoms with Crippen molar-refractivity contribution in [1.82, 2.24) is 9.97 Å². The Morgan fingerprint density at radius 2 is 1.83 bits per heavy atom. The van der Waals surface area contributed by atoms with Gasteiger partial charge in [-0.1, -0.05) is 0 Å². The topological polar surface area (TPSA) is 93.3 Å². The first-order valence-corrected chi connectivity index (χ1v) is 9.24. The fraction of sp³-hybridized carbons (Fsp3) is 0.467. The van der Waals surface area contributed by atoms with E-state index in [2.05, 4.69) is 15.3 Å². The zero-order valence-corrected chi connectivity index (χ0v) is 14.7. The van der Waals surface area contributed by atoms with Gasteiger partial charge in [-0.3, -0.25) is 14.7 Å². The molecule has 1 heterocycles. The molecule has 1 aromatic carbocycles. The summed E-state index contributed by atoms with van der Waals surface area (Å²) in [4.78, 5) is 19.4. The van der Waals surface area contributed by atoms with Crippen molar-refractivity contribution in [3.05, 3.63) is 23.3 Å². The first-order chi connectivity index (χ1) is 10.9. The number of nitrogens with one attached hydrogen (secondary N) is 2. The van der Waals surface area contributed by atoms with E-state index in [1.807, 2.05) is 26.0 Å². The molecule has 126 valence electrons. The fourth-order valence-electron chi connectivity index (χ4n) is 2.20. The number of aromatic nitrogens is 2. The van der Waals surface area contributed by atoms with Crippen LogP contribution in [0.3, 0.4) is 0 Å². The standard InChI is InChI=1S/C15H22N3O4P/c1-5-21-23(20,22-6-2)9-14(19)18-15-16-12-7-10(3)11(4)8-13(12)17-15/h7-8H,5-6,9H2,1-4H3,(H2,16,17,18,19). The Balaban J connectivity index is 2.12. The zero-order chi connectivity index (χ0) is 17.0. The summed E-state index contributed by atoms with van der Waals surface area (Å²) in [6.45, 7) is 7.85. The number of carbonyl (C=O) groups excluding carboxylic acids is 1. The molecule has 2 aromatic rings. The number of carbonyl (C=O) groups is 1. The highest BCUT2D eigenvalue weighted by Crippen LogP contribution is 2.47. The molecular formula is C15H22N3O4P. The van der Waals surface area contributed by atoms with Gasteiger partial charge in [-0.25, -0.2) is 4.98 Å². The summed E-state index contributed by atoms with van der Waals surface area (Å²) in [6, 6.07) is 3.92. The molecule has 0 atom stereocenters. The Morgan fingerprint density at radius 3 is 2.43 bits per heavy atom. The van der Waals surface area contributed by atoms with Gasteiger partial charge in [0.2, 0.25) is 11.9 Å². The van der Waals surface area contributed by atoms with Crippen molar-refractivity contribution < 1.29 is 18.4 Å². The van der Waals surface area contributed by atoms with Gasteiger partial charge in [-0.15, -0.1) is 0 Å². The Morgan fingerprint density at radius 1 is 1.22 bits per heavy atom. The predicted molar refractivity (Wildman–Crippen MR) is 89.9 cm³/mol. The summed E-state index contributed by atoms with van der Waals surface area (Å²) in [7, 11) is -3.42. The number of hydrogen-bond donors (Lipinski definition) is 2. The molecule has 1 aromatic heterocycles. The summed E-state index contributed by atoms with van der Waals surface area (Å²) >= 11 is 0. The van der Waals surface area contributed by atoms with Gasteiger partial charge in [-0.2, -0.15) is 0 Å². The van der Waals surface area contributed by atoms with Crippen LogP contribution >= 0.6 is 7.60 Å². The van der Waals surface area contributed by atoms with Crippen LogP contribution in [0.25, 0.3) is 11.0 Å². The maximum absolute atomic E-state index is 12.3. The zero-order valence-electron chi connectivity index (χ0n) is 13.8. The molecular weight excluding hydrogens is 317 g/mol. The summed E-state index contributed by atoms with van der Waals surface area (Å²) in [6.07, 6.45) is -0.343. The maximum atomic E-state index is 12.3. The molecule has 2 rings (SSSR count). The van der Waals surface area contributed by atoms with E-state index in [1.54, 1.807) is 13.8 Å². The molecule has 23 heavy (non-hydrogen) atoms. The summed E-state index contributed by atoms with van der Waals surface area (Å²) < 4.78 is 22.6. The fourth-order valence-corrected chi connectivity index (χ4v) is 3.67. The van der Waals surface area contributed by atoms with Crippen LogP contribution in [-0.4, -0.2) is 35.3 Å². The van der Waals surface area contributed by atoms with Crippen molar-refractivity contribution in [1.29, 1.82) is 0 Å². The Kier molecular flexibility index (Phi) is 5.57. The Bertz CT molecular complexity index is 708. The summed E-state index contributed by atoms with van der Waals surface area (Å²) in [5.41, 5.74) is 3.86. The van der Waals surface area contributed by atoms with Gasteiger partial charge in [0, 0.05) is 0 Å². The molecule has 2 N–H and O–H groups in total. The SMILES string of the molecule is CCOP(=O)(CC(=O)Nc1nc2cc(C)c(C)cc2[nH]1)OCC. The van der Waals surface area contributed by atoms with Gasteiger partial charge in [0.05, 0.1) is 24.2 Å². The van der Waals surface area contributed by atoms with Crippen LogP contribution in [0.4, 0.5) is 5.95 Å². The number of nitrogens with zero attached hydrogens (tertiary/aromatic N) is 1.